The number of para-hydroxylation sites is 1. The summed E-state index contributed by atoms with van der Waals surface area (Å²) < 4.78 is 17.3. The van der Waals surface area contributed by atoms with E-state index in [2.05, 4.69) is 25.8 Å². The number of anilines is 1. The van der Waals surface area contributed by atoms with Gasteiger partial charge in [-0.05, 0) is 65.9 Å². The molecule has 0 unspecified atom stereocenters. The first-order valence-electron chi connectivity index (χ1n) is 10.7. The number of benzene rings is 2. The van der Waals surface area contributed by atoms with Gasteiger partial charge in [0.25, 0.3) is 0 Å². The lowest BCUT2D eigenvalue weighted by Gasteiger charge is -2.07. The van der Waals surface area contributed by atoms with E-state index in [4.69, 9.17) is 5.10 Å². The van der Waals surface area contributed by atoms with Crippen LogP contribution in [0, 0.1) is 12.7 Å². The molecule has 0 radical (unpaired) electrons. The van der Waals surface area contributed by atoms with Crippen molar-refractivity contribution < 1.29 is 9.18 Å². The molecule has 0 fully saturated rings. The second-order valence-electron chi connectivity index (χ2n) is 7.58. The molecule has 1 amide bonds. The first-order chi connectivity index (χ1) is 17.1. The van der Waals surface area contributed by atoms with Crippen molar-refractivity contribution in [1.82, 2.24) is 35.0 Å². The molecule has 9 nitrogen and oxygen atoms in total. The summed E-state index contributed by atoms with van der Waals surface area (Å²) in [5, 5.41) is 18.5. The highest BCUT2D eigenvalue weighted by molar-refractivity contribution is 6.02. The molecule has 0 saturated carbocycles. The van der Waals surface area contributed by atoms with Crippen LogP contribution in [0.2, 0.25) is 0 Å². The molecule has 0 aliphatic heterocycles. The van der Waals surface area contributed by atoms with Crippen molar-refractivity contribution in [3.05, 3.63) is 103 Å². The number of nitrogens with zero attached hydrogens (tertiary/aromatic N) is 7. The fourth-order valence-corrected chi connectivity index (χ4v) is 3.51. The Labute approximate surface area is 199 Å². The predicted octanol–water partition coefficient (Wildman–Crippen LogP) is 4.01. The van der Waals surface area contributed by atoms with Crippen LogP contribution in [-0.2, 0) is 4.79 Å². The molecule has 0 saturated heterocycles. The normalized spacial score (nSPS) is 11.1. The fourth-order valence-electron chi connectivity index (χ4n) is 3.51. The van der Waals surface area contributed by atoms with E-state index in [1.54, 1.807) is 30.1 Å². The second-order valence-corrected chi connectivity index (χ2v) is 7.58. The van der Waals surface area contributed by atoms with Crippen molar-refractivity contribution in [1.29, 1.82) is 0 Å². The topological polar surface area (TPSA) is 103 Å². The predicted molar refractivity (Wildman–Crippen MR) is 128 cm³/mol. The minimum absolute atomic E-state index is 0.136. The van der Waals surface area contributed by atoms with Crippen LogP contribution in [0.25, 0.3) is 28.7 Å². The number of carbonyl (C=O) groups is 1. The SMILES string of the molecule is Cc1nnnn1-c1cc(NC(=O)/C=C/c2cn(-c3ccccc3)nc2-c2cccnc2)ccc1F. The van der Waals surface area contributed by atoms with Crippen LogP contribution in [0.5, 0.6) is 0 Å². The van der Waals surface area contributed by atoms with Crippen molar-refractivity contribution >= 4 is 17.7 Å². The van der Waals surface area contributed by atoms with Crippen molar-refractivity contribution in [3.8, 4) is 22.6 Å². The Morgan fingerprint density at radius 1 is 1.09 bits per heavy atom. The molecular formula is C25H19FN8O. The highest BCUT2D eigenvalue weighted by atomic mass is 19.1. The third-order valence-corrected chi connectivity index (χ3v) is 5.18. The Hall–Kier alpha value is -4.99. The largest absolute Gasteiger partial charge is 0.322 e. The van der Waals surface area contributed by atoms with Crippen molar-refractivity contribution in [2.75, 3.05) is 5.32 Å². The lowest BCUT2D eigenvalue weighted by molar-refractivity contribution is -0.111. The molecule has 1 N–H and O–H groups in total. The number of tetrazole rings is 1. The summed E-state index contributed by atoms with van der Waals surface area (Å²) >= 11 is 0. The first kappa shape index (κ1) is 21.8. The minimum Gasteiger partial charge on any atom is -0.322 e. The molecule has 0 aliphatic carbocycles. The molecule has 0 bridgehead atoms. The third kappa shape index (κ3) is 4.71. The van der Waals surface area contributed by atoms with Crippen LogP contribution in [-0.4, -0.2) is 40.9 Å². The van der Waals surface area contributed by atoms with E-state index in [9.17, 15) is 9.18 Å². The maximum Gasteiger partial charge on any atom is 0.248 e. The van der Waals surface area contributed by atoms with Crippen molar-refractivity contribution in [2.45, 2.75) is 6.92 Å². The van der Waals surface area contributed by atoms with E-state index in [1.165, 1.54) is 29.0 Å². The zero-order chi connectivity index (χ0) is 24.2. The van der Waals surface area contributed by atoms with E-state index in [0.29, 0.717) is 17.2 Å². The molecule has 0 spiro atoms. The number of pyridine rings is 1. The minimum atomic E-state index is -0.511. The molecule has 3 aromatic heterocycles. The van der Waals surface area contributed by atoms with Crippen molar-refractivity contribution in [2.24, 2.45) is 0 Å². The van der Waals surface area contributed by atoms with Gasteiger partial charge in [0.1, 0.15) is 17.2 Å². The van der Waals surface area contributed by atoms with E-state index in [1.807, 2.05) is 48.7 Å². The number of aromatic nitrogens is 7. The molecule has 172 valence electrons. The standard InChI is InChI=1S/C25H19FN8O/c1-17-29-31-32-34(17)23-14-20(10-11-22(23)26)28-24(35)12-9-19-16-33(21-7-3-2-4-8-21)30-25(19)18-6-5-13-27-15-18/h2-16H,1H3,(H,28,35)/b12-9+. The van der Waals surface area contributed by atoms with E-state index < -0.39 is 5.82 Å². The summed E-state index contributed by atoms with van der Waals surface area (Å²) in [6.07, 6.45) is 8.33. The average Bonchev–Trinajstić information content (AvgIpc) is 3.51. The highest BCUT2D eigenvalue weighted by Gasteiger charge is 2.13. The van der Waals surface area contributed by atoms with Gasteiger partial charge in [0.2, 0.25) is 5.91 Å². The molecule has 35 heavy (non-hydrogen) atoms. The number of halogens is 1. The van der Waals surface area contributed by atoms with Gasteiger partial charge in [-0.1, -0.05) is 18.2 Å². The maximum absolute atomic E-state index is 14.3. The Bertz CT molecular complexity index is 1510. The van der Waals surface area contributed by atoms with Gasteiger partial charge in [-0.2, -0.15) is 9.78 Å². The summed E-state index contributed by atoms with van der Waals surface area (Å²) in [5.74, 6) is -0.477. The highest BCUT2D eigenvalue weighted by Crippen LogP contribution is 2.24. The molecular weight excluding hydrogens is 447 g/mol. The smallest absolute Gasteiger partial charge is 0.248 e. The number of carbonyl (C=O) groups excluding carboxylic acids is 1. The number of hydrogen-bond donors (Lipinski definition) is 1. The van der Waals surface area contributed by atoms with Crippen LogP contribution in [0.1, 0.15) is 11.4 Å². The summed E-state index contributed by atoms with van der Waals surface area (Å²) in [6, 6.07) is 17.6. The Morgan fingerprint density at radius 2 is 1.94 bits per heavy atom. The molecule has 2 aromatic carbocycles. The third-order valence-electron chi connectivity index (χ3n) is 5.18. The van der Waals surface area contributed by atoms with Crippen LogP contribution >= 0.6 is 0 Å². The van der Waals surface area contributed by atoms with Gasteiger partial charge >= 0.3 is 0 Å². The summed E-state index contributed by atoms with van der Waals surface area (Å²) in [4.78, 5) is 16.9. The van der Waals surface area contributed by atoms with E-state index >= 15 is 0 Å². The van der Waals surface area contributed by atoms with Gasteiger partial charge in [-0.15, -0.1) is 5.10 Å². The van der Waals surface area contributed by atoms with Gasteiger partial charge in [-0.3, -0.25) is 9.78 Å². The molecule has 0 aliphatic rings. The molecule has 5 rings (SSSR count). The number of nitrogens with one attached hydrogen (secondary N) is 1. The van der Waals surface area contributed by atoms with E-state index in [-0.39, 0.29) is 11.6 Å². The second kappa shape index (κ2) is 9.48. The van der Waals surface area contributed by atoms with Crippen LogP contribution in [0.15, 0.2) is 85.3 Å². The fraction of sp³-hybridized carbons (Fsp3) is 0.0400. The Balaban J connectivity index is 1.41. The number of amides is 1. The maximum atomic E-state index is 14.3. The zero-order valence-electron chi connectivity index (χ0n) is 18.6. The molecule has 5 aromatic rings. The van der Waals surface area contributed by atoms with Gasteiger partial charge in [-0.25, -0.2) is 9.07 Å². The van der Waals surface area contributed by atoms with Crippen LogP contribution in [0.4, 0.5) is 10.1 Å². The van der Waals surface area contributed by atoms with Crippen LogP contribution in [0.3, 0.4) is 0 Å². The summed E-state index contributed by atoms with van der Waals surface area (Å²) in [5.41, 5.74) is 3.67. The lowest BCUT2D eigenvalue weighted by atomic mass is 10.1. The Kier molecular flexibility index (Phi) is 5.91. The average molecular weight is 466 g/mol. The van der Waals surface area contributed by atoms with Gasteiger partial charge < -0.3 is 5.32 Å². The summed E-state index contributed by atoms with van der Waals surface area (Å²) in [7, 11) is 0. The zero-order valence-corrected chi connectivity index (χ0v) is 18.6. The monoisotopic (exact) mass is 466 g/mol. The van der Waals surface area contributed by atoms with Crippen LogP contribution < -0.4 is 5.32 Å². The quantitative estimate of drug-likeness (QED) is 0.379. The number of aryl methyl sites for hydroxylation is 1. The number of hydrogen-bond acceptors (Lipinski definition) is 6. The van der Waals surface area contributed by atoms with Gasteiger partial charge in [0, 0.05) is 41.5 Å². The Morgan fingerprint density at radius 3 is 2.69 bits per heavy atom. The van der Waals surface area contributed by atoms with E-state index in [0.717, 1.165) is 16.8 Å². The van der Waals surface area contributed by atoms with Gasteiger partial charge in [0.05, 0.1) is 5.69 Å². The first-order valence-corrected chi connectivity index (χ1v) is 10.7. The number of rotatable bonds is 6. The molecule has 0 atom stereocenters. The lowest BCUT2D eigenvalue weighted by Crippen LogP contribution is -2.09. The molecule has 10 heteroatoms. The van der Waals surface area contributed by atoms with Gasteiger partial charge in [0.15, 0.2) is 5.82 Å². The summed E-state index contributed by atoms with van der Waals surface area (Å²) in [6.45, 7) is 1.66. The van der Waals surface area contributed by atoms with Crippen molar-refractivity contribution in [3.63, 3.8) is 0 Å². The molecule has 3 heterocycles.